The molecule has 1 fully saturated rings. The Labute approximate surface area is 128 Å². The van der Waals surface area contributed by atoms with Gasteiger partial charge in [0.05, 0.1) is 5.92 Å². The smallest absolute Gasteiger partial charge is 0.224 e. The SMILES string of the molecule is CCC(CNC(=O)C1CCCN(C)C1)Cc1ccccc1. The first-order valence-corrected chi connectivity index (χ1v) is 8.19. The predicted octanol–water partition coefficient (Wildman–Crippen LogP) is 2.71. The maximum absolute atomic E-state index is 12.3. The van der Waals surface area contributed by atoms with Crippen LogP contribution in [0.1, 0.15) is 31.7 Å². The molecule has 0 aromatic heterocycles. The molecule has 116 valence electrons. The Kier molecular flexibility index (Phi) is 6.24. The molecular weight excluding hydrogens is 260 g/mol. The van der Waals surface area contributed by atoms with Gasteiger partial charge in [-0.1, -0.05) is 43.7 Å². The average Bonchev–Trinajstić information content (AvgIpc) is 2.52. The Bertz CT molecular complexity index is 432. The summed E-state index contributed by atoms with van der Waals surface area (Å²) in [6, 6.07) is 10.5. The van der Waals surface area contributed by atoms with E-state index >= 15 is 0 Å². The van der Waals surface area contributed by atoms with Crippen molar-refractivity contribution in [2.45, 2.75) is 32.6 Å². The summed E-state index contributed by atoms with van der Waals surface area (Å²) in [6.07, 6.45) is 4.31. The summed E-state index contributed by atoms with van der Waals surface area (Å²) in [5.74, 6) is 0.948. The van der Waals surface area contributed by atoms with Gasteiger partial charge >= 0.3 is 0 Å². The van der Waals surface area contributed by atoms with Crippen LogP contribution in [0.3, 0.4) is 0 Å². The molecule has 2 unspecified atom stereocenters. The van der Waals surface area contributed by atoms with Crippen LogP contribution >= 0.6 is 0 Å². The molecule has 21 heavy (non-hydrogen) atoms. The zero-order valence-corrected chi connectivity index (χ0v) is 13.3. The van der Waals surface area contributed by atoms with Gasteiger partial charge < -0.3 is 10.2 Å². The Hall–Kier alpha value is -1.35. The number of carbonyl (C=O) groups excluding carboxylic acids is 1. The lowest BCUT2D eigenvalue weighted by Gasteiger charge is -2.29. The third-order valence-electron chi connectivity index (χ3n) is 4.50. The first kappa shape index (κ1) is 16.0. The highest BCUT2D eigenvalue weighted by molar-refractivity contribution is 5.78. The molecule has 1 aromatic carbocycles. The largest absolute Gasteiger partial charge is 0.356 e. The molecule has 3 heteroatoms. The molecule has 1 amide bonds. The number of piperidine rings is 1. The topological polar surface area (TPSA) is 32.3 Å². The summed E-state index contributed by atoms with van der Waals surface area (Å²) in [5, 5.41) is 3.18. The summed E-state index contributed by atoms with van der Waals surface area (Å²) in [5.41, 5.74) is 1.36. The van der Waals surface area contributed by atoms with Crippen molar-refractivity contribution < 1.29 is 4.79 Å². The lowest BCUT2D eigenvalue weighted by Crippen LogP contribution is -2.42. The molecule has 0 bridgehead atoms. The van der Waals surface area contributed by atoms with E-state index in [-0.39, 0.29) is 11.8 Å². The minimum Gasteiger partial charge on any atom is -0.356 e. The van der Waals surface area contributed by atoms with Crippen molar-refractivity contribution in [3.63, 3.8) is 0 Å². The average molecular weight is 288 g/mol. The maximum Gasteiger partial charge on any atom is 0.224 e. The van der Waals surface area contributed by atoms with Crippen LogP contribution in [0.2, 0.25) is 0 Å². The Morgan fingerprint density at radius 2 is 2.14 bits per heavy atom. The van der Waals surface area contributed by atoms with Crippen molar-refractivity contribution >= 4 is 5.91 Å². The number of carbonyl (C=O) groups is 1. The van der Waals surface area contributed by atoms with Gasteiger partial charge in [-0.2, -0.15) is 0 Å². The zero-order valence-electron chi connectivity index (χ0n) is 13.3. The fourth-order valence-electron chi connectivity index (χ4n) is 3.08. The van der Waals surface area contributed by atoms with Gasteiger partial charge in [-0.05, 0) is 44.3 Å². The van der Waals surface area contributed by atoms with Gasteiger partial charge in [0.1, 0.15) is 0 Å². The third-order valence-corrected chi connectivity index (χ3v) is 4.50. The first-order chi connectivity index (χ1) is 10.2. The number of hydrogen-bond donors (Lipinski definition) is 1. The van der Waals surface area contributed by atoms with E-state index in [0.29, 0.717) is 5.92 Å². The van der Waals surface area contributed by atoms with Crippen molar-refractivity contribution in [3.8, 4) is 0 Å². The third kappa shape index (κ3) is 5.16. The summed E-state index contributed by atoms with van der Waals surface area (Å²) >= 11 is 0. The molecule has 1 aliphatic heterocycles. The highest BCUT2D eigenvalue weighted by atomic mass is 16.1. The van der Waals surface area contributed by atoms with Crippen LogP contribution in [-0.2, 0) is 11.2 Å². The van der Waals surface area contributed by atoms with Gasteiger partial charge in [-0.3, -0.25) is 4.79 Å². The Morgan fingerprint density at radius 1 is 1.38 bits per heavy atom. The number of likely N-dealkylation sites (tertiary alicyclic amines) is 1. The number of hydrogen-bond acceptors (Lipinski definition) is 2. The Balaban J connectivity index is 1.78. The quantitative estimate of drug-likeness (QED) is 0.873. The van der Waals surface area contributed by atoms with Crippen LogP contribution in [0.15, 0.2) is 30.3 Å². The van der Waals surface area contributed by atoms with Crippen LogP contribution in [-0.4, -0.2) is 37.5 Å². The minimum absolute atomic E-state index is 0.179. The van der Waals surface area contributed by atoms with Crippen molar-refractivity contribution in [2.75, 3.05) is 26.7 Å². The standard InChI is InChI=1S/C18H28N2O/c1-3-15(12-16-8-5-4-6-9-16)13-19-18(21)17-10-7-11-20(2)14-17/h4-6,8-9,15,17H,3,7,10-14H2,1-2H3,(H,19,21). The molecule has 0 radical (unpaired) electrons. The molecule has 1 saturated heterocycles. The zero-order chi connectivity index (χ0) is 15.1. The van der Waals surface area contributed by atoms with E-state index in [1.807, 2.05) is 6.07 Å². The highest BCUT2D eigenvalue weighted by Gasteiger charge is 2.24. The molecule has 0 saturated carbocycles. The second kappa shape index (κ2) is 8.18. The van der Waals surface area contributed by atoms with Crippen LogP contribution in [0.4, 0.5) is 0 Å². The van der Waals surface area contributed by atoms with Crippen LogP contribution in [0, 0.1) is 11.8 Å². The molecule has 1 N–H and O–H groups in total. The van der Waals surface area contributed by atoms with Gasteiger partial charge in [0.25, 0.3) is 0 Å². The van der Waals surface area contributed by atoms with Crippen molar-refractivity contribution in [3.05, 3.63) is 35.9 Å². The molecule has 1 heterocycles. The summed E-state index contributed by atoms with van der Waals surface area (Å²) in [4.78, 5) is 14.5. The number of nitrogens with zero attached hydrogens (tertiary/aromatic N) is 1. The van der Waals surface area contributed by atoms with E-state index in [1.165, 1.54) is 5.56 Å². The van der Waals surface area contributed by atoms with E-state index < -0.39 is 0 Å². The van der Waals surface area contributed by atoms with Crippen molar-refractivity contribution in [1.82, 2.24) is 10.2 Å². The summed E-state index contributed by atoms with van der Waals surface area (Å²) < 4.78 is 0. The van der Waals surface area contributed by atoms with Crippen molar-refractivity contribution in [1.29, 1.82) is 0 Å². The van der Waals surface area contributed by atoms with E-state index in [1.54, 1.807) is 0 Å². The lowest BCUT2D eigenvalue weighted by atomic mass is 9.95. The molecule has 1 aromatic rings. The van der Waals surface area contributed by atoms with E-state index in [9.17, 15) is 4.79 Å². The fraction of sp³-hybridized carbons (Fsp3) is 0.611. The van der Waals surface area contributed by atoms with Gasteiger partial charge in [-0.15, -0.1) is 0 Å². The van der Waals surface area contributed by atoms with E-state index in [0.717, 1.165) is 45.3 Å². The van der Waals surface area contributed by atoms with Crippen LogP contribution in [0.5, 0.6) is 0 Å². The minimum atomic E-state index is 0.179. The van der Waals surface area contributed by atoms with Crippen LogP contribution in [0.25, 0.3) is 0 Å². The highest BCUT2D eigenvalue weighted by Crippen LogP contribution is 2.16. The monoisotopic (exact) mass is 288 g/mol. The molecule has 0 aliphatic carbocycles. The number of rotatable bonds is 6. The first-order valence-electron chi connectivity index (χ1n) is 8.19. The second-order valence-corrected chi connectivity index (χ2v) is 6.31. The van der Waals surface area contributed by atoms with Crippen LogP contribution < -0.4 is 5.32 Å². The predicted molar refractivity (Wildman–Crippen MR) is 87.2 cm³/mol. The van der Waals surface area contributed by atoms with Gasteiger partial charge in [-0.25, -0.2) is 0 Å². The molecular formula is C18H28N2O. The molecule has 2 rings (SSSR count). The Morgan fingerprint density at radius 3 is 2.81 bits per heavy atom. The normalized spacial score (nSPS) is 21.0. The molecule has 3 nitrogen and oxygen atoms in total. The number of amides is 1. The molecule has 1 aliphatic rings. The number of nitrogens with one attached hydrogen (secondary N) is 1. The van der Waals surface area contributed by atoms with E-state index in [2.05, 4.69) is 48.5 Å². The fourth-order valence-corrected chi connectivity index (χ4v) is 3.08. The maximum atomic E-state index is 12.3. The molecule has 0 spiro atoms. The second-order valence-electron chi connectivity index (χ2n) is 6.31. The van der Waals surface area contributed by atoms with Gasteiger partial charge in [0.15, 0.2) is 0 Å². The van der Waals surface area contributed by atoms with Gasteiger partial charge in [0, 0.05) is 13.1 Å². The number of benzene rings is 1. The van der Waals surface area contributed by atoms with E-state index in [4.69, 9.17) is 0 Å². The lowest BCUT2D eigenvalue weighted by molar-refractivity contribution is -0.126. The molecule has 2 atom stereocenters. The summed E-state index contributed by atoms with van der Waals surface area (Å²) in [7, 11) is 2.10. The summed E-state index contributed by atoms with van der Waals surface area (Å²) in [6.45, 7) is 5.02. The van der Waals surface area contributed by atoms with Gasteiger partial charge in [0.2, 0.25) is 5.91 Å². The van der Waals surface area contributed by atoms with Crippen molar-refractivity contribution in [2.24, 2.45) is 11.8 Å².